The van der Waals surface area contributed by atoms with Crippen molar-refractivity contribution in [2.75, 3.05) is 32.8 Å². The first-order valence-corrected chi connectivity index (χ1v) is 7.26. The Kier molecular flexibility index (Phi) is 4.26. The predicted octanol–water partition coefficient (Wildman–Crippen LogP) is 0.627. The summed E-state index contributed by atoms with van der Waals surface area (Å²) in [4.78, 5) is 25.1. The van der Waals surface area contributed by atoms with Crippen LogP contribution in [0.2, 0.25) is 0 Å². The van der Waals surface area contributed by atoms with Crippen LogP contribution in [0, 0.1) is 5.92 Å². The van der Waals surface area contributed by atoms with Gasteiger partial charge in [-0.2, -0.15) is 0 Å². The zero-order valence-electron chi connectivity index (χ0n) is 12.1. The van der Waals surface area contributed by atoms with E-state index in [2.05, 4.69) is 0 Å². The molecule has 0 saturated carbocycles. The van der Waals surface area contributed by atoms with Crippen molar-refractivity contribution in [2.45, 2.75) is 6.54 Å². The largest absolute Gasteiger partial charge is 0.481 e. The van der Waals surface area contributed by atoms with E-state index in [4.69, 9.17) is 14.3 Å². The van der Waals surface area contributed by atoms with Crippen molar-refractivity contribution < 1.29 is 19.1 Å². The minimum absolute atomic E-state index is 0.237. The maximum atomic E-state index is 11.9. The first-order chi connectivity index (χ1) is 10.6. The molecule has 0 spiro atoms. The molecular weight excluding hydrogens is 288 g/mol. The number of ether oxygens (including phenoxy) is 1. The second-order valence-corrected chi connectivity index (χ2v) is 5.40. The number of fused-ring (bicyclic) bond motifs is 1. The van der Waals surface area contributed by atoms with Crippen LogP contribution >= 0.6 is 0 Å². The fraction of sp³-hybridized carbons (Fsp3) is 0.467. The molecule has 1 aromatic heterocycles. The van der Waals surface area contributed by atoms with E-state index in [1.165, 1.54) is 0 Å². The number of hydrogen-bond acceptors (Lipinski definition) is 5. The number of nitrogens with zero attached hydrogens (tertiary/aromatic N) is 2. The fourth-order valence-electron chi connectivity index (χ4n) is 2.69. The highest BCUT2D eigenvalue weighted by Crippen LogP contribution is 2.12. The maximum absolute atomic E-state index is 11.9. The lowest BCUT2D eigenvalue weighted by atomic mass is 10.1. The number of carboxylic acid groups (broad SMARTS) is 1. The van der Waals surface area contributed by atoms with Gasteiger partial charge >= 0.3 is 11.7 Å². The minimum atomic E-state index is -0.849. The molecule has 118 valence electrons. The normalized spacial score (nSPS) is 20.1. The first-order valence-electron chi connectivity index (χ1n) is 7.26. The summed E-state index contributed by atoms with van der Waals surface area (Å²) >= 11 is 0. The van der Waals surface area contributed by atoms with Crippen molar-refractivity contribution in [3.05, 3.63) is 34.8 Å². The van der Waals surface area contributed by atoms with Gasteiger partial charge in [-0.25, -0.2) is 4.79 Å². The third kappa shape index (κ3) is 3.05. The molecule has 1 N–H and O–H groups in total. The molecule has 1 aromatic carbocycles. The first kappa shape index (κ1) is 14.8. The molecule has 1 aliphatic heterocycles. The summed E-state index contributed by atoms with van der Waals surface area (Å²) in [5.41, 5.74) is 1.32. The van der Waals surface area contributed by atoms with Gasteiger partial charge < -0.3 is 14.3 Å². The summed E-state index contributed by atoms with van der Waals surface area (Å²) < 4.78 is 12.1. The molecule has 0 radical (unpaired) electrons. The zero-order chi connectivity index (χ0) is 15.5. The van der Waals surface area contributed by atoms with Gasteiger partial charge in [-0.15, -0.1) is 0 Å². The van der Waals surface area contributed by atoms with E-state index in [9.17, 15) is 9.59 Å². The Bertz CT molecular complexity index is 720. The Labute approximate surface area is 126 Å². The number of para-hydroxylation sites is 2. The fourth-order valence-corrected chi connectivity index (χ4v) is 2.69. The highest BCUT2D eigenvalue weighted by molar-refractivity contribution is 5.72. The van der Waals surface area contributed by atoms with Crippen LogP contribution in [0.3, 0.4) is 0 Å². The monoisotopic (exact) mass is 306 g/mol. The Hall–Kier alpha value is -2.12. The molecule has 2 heterocycles. The Balaban J connectivity index is 1.72. The molecule has 1 saturated heterocycles. The van der Waals surface area contributed by atoms with Gasteiger partial charge in [-0.1, -0.05) is 12.1 Å². The van der Waals surface area contributed by atoms with Gasteiger partial charge in [0.2, 0.25) is 0 Å². The molecular formula is C15H18N2O5. The third-order valence-corrected chi connectivity index (χ3v) is 3.91. The molecule has 0 bridgehead atoms. The number of hydrogen-bond donors (Lipinski definition) is 1. The summed E-state index contributed by atoms with van der Waals surface area (Å²) in [6, 6.07) is 7.27. The quantitative estimate of drug-likeness (QED) is 0.891. The molecule has 7 heteroatoms. The van der Waals surface area contributed by atoms with Crippen LogP contribution in [0.1, 0.15) is 0 Å². The highest BCUT2D eigenvalue weighted by atomic mass is 16.5. The Morgan fingerprint density at radius 2 is 2.14 bits per heavy atom. The van der Waals surface area contributed by atoms with Crippen LogP contribution in [0.5, 0.6) is 0 Å². The van der Waals surface area contributed by atoms with Crippen LogP contribution in [-0.2, 0) is 16.1 Å². The average Bonchev–Trinajstić information content (AvgIpc) is 2.68. The smallest absolute Gasteiger partial charge is 0.419 e. The number of benzene rings is 1. The molecule has 1 unspecified atom stereocenters. The lowest BCUT2D eigenvalue weighted by molar-refractivity contribution is -0.143. The van der Waals surface area contributed by atoms with Gasteiger partial charge in [0.25, 0.3) is 0 Å². The van der Waals surface area contributed by atoms with Crippen molar-refractivity contribution in [3.63, 3.8) is 0 Å². The maximum Gasteiger partial charge on any atom is 0.419 e. The van der Waals surface area contributed by atoms with E-state index >= 15 is 0 Å². The standard InChI is InChI=1S/C15H18N2O5/c18-14(19)11-9-16(7-8-21-10-11)5-6-17-12-3-1-2-4-13(12)22-15(17)20/h1-4,11H,5-10H2,(H,18,19). The summed E-state index contributed by atoms with van der Waals surface area (Å²) in [5, 5.41) is 9.14. The molecule has 0 aliphatic carbocycles. The van der Waals surface area contributed by atoms with Crippen LogP contribution in [0.4, 0.5) is 0 Å². The van der Waals surface area contributed by atoms with Gasteiger partial charge in [0.15, 0.2) is 5.58 Å². The molecule has 1 atom stereocenters. The van der Waals surface area contributed by atoms with Gasteiger partial charge in [0.05, 0.1) is 24.6 Å². The van der Waals surface area contributed by atoms with E-state index in [0.29, 0.717) is 38.4 Å². The van der Waals surface area contributed by atoms with Crippen molar-refractivity contribution in [1.82, 2.24) is 9.47 Å². The zero-order valence-corrected chi connectivity index (χ0v) is 12.1. The predicted molar refractivity (Wildman–Crippen MR) is 78.9 cm³/mol. The van der Waals surface area contributed by atoms with Gasteiger partial charge in [0.1, 0.15) is 0 Å². The Morgan fingerprint density at radius 1 is 1.32 bits per heavy atom. The topological polar surface area (TPSA) is 84.9 Å². The van der Waals surface area contributed by atoms with E-state index in [1.807, 2.05) is 23.1 Å². The minimum Gasteiger partial charge on any atom is -0.481 e. The summed E-state index contributed by atoms with van der Waals surface area (Å²) in [5.74, 6) is -1.76. The lowest BCUT2D eigenvalue weighted by Gasteiger charge is -2.21. The molecule has 3 rings (SSSR count). The van der Waals surface area contributed by atoms with E-state index in [1.54, 1.807) is 10.6 Å². The van der Waals surface area contributed by atoms with Crippen molar-refractivity contribution >= 4 is 17.1 Å². The van der Waals surface area contributed by atoms with Crippen molar-refractivity contribution in [2.24, 2.45) is 5.92 Å². The van der Waals surface area contributed by atoms with Crippen LogP contribution in [-0.4, -0.2) is 53.4 Å². The number of rotatable bonds is 4. The van der Waals surface area contributed by atoms with Gasteiger partial charge in [-0.05, 0) is 12.1 Å². The van der Waals surface area contributed by atoms with Gasteiger partial charge in [-0.3, -0.25) is 14.3 Å². The average molecular weight is 306 g/mol. The summed E-state index contributed by atoms with van der Waals surface area (Å²) in [6.07, 6.45) is 0. The number of oxazole rings is 1. The van der Waals surface area contributed by atoms with Gasteiger partial charge in [0, 0.05) is 26.2 Å². The van der Waals surface area contributed by atoms with E-state index < -0.39 is 11.9 Å². The summed E-state index contributed by atoms with van der Waals surface area (Å²) in [7, 11) is 0. The number of aromatic nitrogens is 1. The Morgan fingerprint density at radius 3 is 2.95 bits per heavy atom. The van der Waals surface area contributed by atoms with Crippen molar-refractivity contribution in [3.8, 4) is 0 Å². The lowest BCUT2D eigenvalue weighted by Crippen LogP contribution is -2.36. The SMILES string of the molecule is O=C(O)C1COCCN(CCn2c(=O)oc3ccccc32)C1. The summed E-state index contributed by atoms with van der Waals surface area (Å²) in [6.45, 7) is 2.87. The third-order valence-electron chi connectivity index (χ3n) is 3.91. The van der Waals surface area contributed by atoms with E-state index in [-0.39, 0.29) is 12.4 Å². The molecule has 2 aromatic rings. The van der Waals surface area contributed by atoms with Crippen LogP contribution < -0.4 is 5.76 Å². The second kappa shape index (κ2) is 6.33. The van der Waals surface area contributed by atoms with Crippen molar-refractivity contribution in [1.29, 1.82) is 0 Å². The molecule has 1 fully saturated rings. The number of carboxylic acids is 1. The van der Waals surface area contributed by atoms with Crippen LogP contribution in [0.25, 0.3) is 11.1 Å². The number of aliphatic carboxylic acids is 1. The molecule has 1 aliphatic rings. The van der Waals surface area contributed by atoms with E-state index in [0.717, 1.165) is 5.52 Å². The van der Waals surface area contributed by atoms with Crippen LogP contribution in [0.15, 0.2) is 33.5 Å². The molecule has 7 nitrogen and oxygen atoms in total. The molecule has 22 heavy (non-hydrogen) atoms. The number of carbonyl (C=O) groups is 1. The highest BCUT2D eigenvalue weighted by Gasteiger charge is 2.24. The molecule has 0 amide bonds. The second-order valence-electron chi connectivity index (χ2n) is 5.40.